The van der Waals surface area contributed by atoms with E-state index in [1.54, 1.807) is 25.3 Å². The maximum Gasteiger partial charge on any atom is 0.246 e. The lowest BCUT2D eigenvalue weighted by Gasteiger charge is -2.18. The Hall–Kier alpha value is -2.17. The standard InChI is InChI=1S/C16H19BrN4O4S/c1-10-6-12(4-5-13(10)25-3)20-15(22)9-21(2)26(23,24)14-7-11(17)8-19-16(14)18/h4-8H,9H2,1-3H3,(H2,18,19)(H,20,22). The Balaban J connectivity index is 2.13. The predicted octanol–water partition coefficient (Wildman–Crippen LogP) is 2.00. The molecule has 0 atom stereocenters. The van der Waals surface area contributed by atoms with Crippen molar-refractivity contribution in [1.29, 1.82) is 0 Å². The largest absolute Gasteiger partial charge is 0.496 e. The van der Waals surface area contributed by atoms with Gasteiger partial charge in [-0.15, -0.1) is 0 Å². The highest BCUT2D eigenvalue weighted by atomic mass is 79.9. The van der Waals surface area contributed by atoms with Gasteiger partial charge in [0.05, 0.1) is 13.7 Å². The summed E-state index contributed by atoms with van der Waals surface area (Å²) in [5, 5.41) is 2.66. The first-order chi connectivity index (χ1) is 12.1. The highest BCUT2D eigenvalue weighted by molar-refractivity contribution is 9.10. The molecule has 8 nitrogen and oxygen atoms in total. The van der Waals surface area contributed by atoms with E-state index in [4.69, 9.17) is 10.5 Å². The number of sulfonamides is 1. The van der Waals surface area contributed by atoms with Gasteiger partial charge in [-0.2, -0.15) is 4.31 Å². The van der Waals surface area contributed by atoms with Crippen molar-refractivity contribution in [2.75, 3.05) is 31.8 Å². The zero-order valence-electron chi connectivity index (χ0n) is 14.5. The third-order valence-corrected chi connectivity index (χ3v) is 5.85. The first-order valence-electron chi connectivity index (χ1n) is 7.47. The highest BCUT2D eigenvalue weighted by Crippen LogP contribution is 2.24. The van der Waals surface area contributed by atoms with Gasteiger partial charge in [0.2, 0.25) is 15.9 Å². The molecule has 1 aromatic carbocycles. The number of pyridine rings is 1. The van der Waals surface area contributed by atoms with Crippen molar-refractivity contribution in [3.63, 3.8) is 0 Å². The summed E-state index contributed by atoms with van der Waals surface area (Å²) in [5.41, 5.74) is 7.05. The number of aryl methyl sites for hydroxylation is 1. The summed E-state index contributed by atoms with van der Waals surface area (Å²) in [6.45, 7) is 1.47. The SMILES string of the molecule is COc1ccc(NC(=O)CN(C)S(=O)(=O)c2cc(Br)cnc2N)cc1C. The number of likely N-dealkylation sites (N-methyl/N-ethyl adjacent to an activating group) is 1. The number of hydrogen-bond donors (Lipinski definition) is 2. The monoisotopic (exact) mass is 442 g/mol. The molecule has 1 heterocycles. The number of ether oxygens (including phenoxy) is 1. The molecule has 0 aliphatic heterocycles. The first-order valence-corrected chi connectivity index (χ1v) is 9.70. The topological polar surface area (TPSA) is 115 Å². The number of anilines is 2. The number of rotatable bonds is 6. The Kier molecular flexibility index (Phi) is 6.21. The zero-order chi connectivity index (χ0) is 19.5. The number of nitrogen functional groups attached to an aromatic ring is 1. The summed E-state index contributed by atoms with van der Waals surface area (Å²) in [6.07, 6.45) is 1.40. The van der Waals surface area contributed by atoms with E-state index in [2.05, 4.69) is 26.2 Å². The lowest BCUT2D eigenvalue weighted by atomic mass is 10.2. The molecule has 1 aromatic heterocycles. The van der Waals surface area contributed by atoms with Crippen LogP contribution in [-0.4, -0.2) is 44.3 Å². The lowest BCUT2D eigenvalue weighted by Crippen LogP contribution is -2.35. The molecule has 26 heavy (non-hydrogen) atoms. The van der Waals surface area contributed by atoms with Crippen molar-refractivity contribution >= 4 is 43.4 Å². The molecule has 0 radical (unpaired) electrons. The summed E-state index contributed by atoms with van der Waals surface area (Å²) in [6, 6.07) is 6.48. The number of nitrogens with one attached hydrogen (secondary N) is 1. The van der Waals surface area contributed by atoms with E-state index >= 15 is 0 Å². The number of nitrogens with zero attached hydrogens (tertiary/aromatic N) is 2. The average Bonchev–Trinajstić information content (AvgIpc) is 2.57. The molecule has 3 N–H and O–H groups in total. The molecule has 10 heteroatoms. The van der Waals surface area contributed by atoms with Gasteiger partial charge in [-0.3, -0.25) is 4.79 Å². The molecule has 0 bridgehead atoms. The second-order valence-electron chi connectivity index (χ2n) is 5.53. The van der Waals surface area contributed by atoms with Crippen molar-refractivity contribution in [2.45, 2.75) is 11.8 Å². The van der Waals surface area contributed by atoms with Crippen LogP contribution >= 0.6 is 15.9 Å². The van der Waals surface area contributed by atoms with E-state index in [9.17, 15) is 13.2 Å². The number of carbonyl (C=O) groups excluding carboxylic acids is 1. The Morgan fingerprint density at radius 3 is 2.69 bits per heavy atom. The second-order valence-corrected chi connectivity index (χ2v) is 8.46. The van der Waals surface area contributed by atoms with Crippen LogP contribution in [0, 0.1) is 6.92 Å². The number of carbonyl (C=O) groups is 1. The molecule has 0 aliphatic carbocycles. The fourth-order valence-corrected chi connectivity index (χ4v) is 3.95. The predicted molar refractivity (Wildman–Crippen MR) is 103 cm³/mol. The minimum absolute atomic E-state index is 0.133. The van der Waals surface area contributed by atoms with Crippen molar-refractivity contribution in [3.05, 3.63) is 40.5 Å². The summed E-state index contributed by atoms with van der Waals surface area (Å²) < 4.78 is 31.8. The van der Waals surface area contributed by atoms with Crippen molar-refractivity contribution in [2.24, 2.45) is 0 Å². The van der Waals surface area contributed by atoms with Crippen LogP contribution in [0.2, 0.25) is 0 Å². The number of methoxy groups -OCH3 is 1. The smallest absolute Gasteiger partial charge is 0.246 e. The number of aromatic nitrogens is 1. The van der Waals surface area contributed by atoms with E-state index in [0.717, 1.165) is 9.87 Å². The summed E-state index contributed by atoms with van der Waals surface area (Å²) in [4.78, 5) is 15.9. The van der Waals surface area contributed by atoms with Gasteiger partial charge < -0.3 is 15.8 Å². The van der Waals surface area contributed by atoms with Gasteiger partial charge in [0.25, 0.3) is 0 Å². The van der Waals surface area contributed by atoms with Crippen molar-refractivity contribution < 1.29 is 17.9 Å². The molecule has 0 fully saturated rings. The maximum atomic E-state index is 12.6. The van der Waals surface area contributed by atoms with Gasteiger partial charge in [-0.05, 0) is 52.7 Å². The third kappa shape index (κ3) is 4.51. The molecule has 0 aliphatic rings. The van der Waals surface area contributed by atoms with E-state index in [0.29, 0.717) is 15.9 Å². The Labute approximate surface area is 160 Å². The van der Waals surface area contributed by atoms with Gasteiger partial charge in [-0.1, -0.05) is 0 Å². The van der Waals surface area contributed by atoms with Gasteiger partial charge in [0, 0.05) is 23.4 Å². The fraction of sp³-hybridized carbons (Fsp3) is 0.250. The first kappa shape index (κ1) is 20.1. The number of nitrogens with two attached hydrogens (primary N) is 1. The minimum atomic E-state index is -3.96. The summed E-state index contributed by atoms with van der Waals surface area (Å²) >= 11 is 3.16. The Morgan fingerprint density at radius 1 is 1.38 bits per heavy atom. The average molecular weight is 443 g/mol. The molecule has 0 saturated heterocycles. The zero-order valence-corrected chi connectivity index (χ0v) is 16.9. The molecule has 140 valence electrons. The quantitative estimate of drug-likeness (QED) is 0.706. The molecule has 0 unspecified atom stereocenters. The summed E-state index contributed by atoms with van der Waals surface area (Å²) in [7, 11) is -1.10. The molecule has 1 amide bonds. The second kappa shape index (κ2) is 8.02. The molecule has 2 aromatic rings. The van der Waals surface area contributed by atoms with Crippen molar-refractivity contribution in [1.82, 2.24) is 9.29 Å². The number of hydrogen-bond acceptors (Lipinski definition) is 6. The summed E-state index contributed by atoms with van der Waals surface area (Å²) in [5.74, 6) is 0.0775. The molecular weight excluding hydrogens is 424 g/mol. The molecular formula is C16H19BrN4O4S. The number of benzene rings is 1. The van der Waals surface area contributed by atoms with Crippen LogP contribution in [0.5, 0.6) is 5.75 Å². The van der Waals surface area contributed by atoms with E-state index in [-0.39, 0.29) is 17.3 Å². The maximum absolute atomic E-state index is 12.6. The van der Waals surface area contributed by atoms with Crippen LogP contribution in [0.3, 0.4) is 0 Å². The number of halogens is 1. The van der Waals surface area contributed by atoms with Crippen LogP contribution in [0.25, 0.3) is 0 Å². The fourth-order valence-electron chi connectivity index (χ4n) is 2.25. The molecule has 2 rings (SSSR count). The normalized spacial score (nSPS) is 11.4. The molecule has 0 saturated carbocycles. The van der Waals surface area contributed by atoms with E-state index < -0.39 is 15.9 Å². The van der Waals surface area contributed by atoms with E-state index in [1.165, 1.54) is 19.3 Å². The van der Waals surface area contributed by atoms with Crippen molar-refractivity contribution in [3.8, 4) is 5.75 Å². The molecule has 0 spiro atoms. The van der Waals surface area contributed by atoms with Gasteiger partial charge >= 0.3 is 0 Å². The van der Waals surface area contributed by atoms with Crippen LogP contribution in [-0.2, 0) is 14.8 Å². The van der Waals surface area contributed by atoms with Gasteiger partial charge in [-0.25, -0.2) is 13.4 Å². The third-order valence-electron chi connectivity index (χ3n) is 3.58. The van der Waals surface area contributed by atoms with Crippen LogP contribution in [0.4, 0.5) is 11.5 Å². The Morgan fingerprint density at radius 2 is 2.08 bits per heavy atom. The lowest BCUT2D eigenvalue weighted by molar-refractivity contribution is -0.116. The van der Waals surface area contributed by atoms with Crippen LogP contribution in [0.15, 0.2) is 39.8 Å². The number of amides is 1. The highest BCUT2D eigenvalue weighted by Gasteiger charge is 2.26. The Bertz CT molecular complexity index is 934. The van der Waals surface area contributed by atoms with Gasteiger partial charge in [0.1, 0.15) is 16.5 Å². The minimum Gasteiger partial charge on any atom is -0.496 e. The van der Waals surface area contributed by atoms with Crippen LogP contribution in [0.1, 0.15) is 5.56 Å². The van der Waals surface area contributed by atoms with Gasteiger partial charge in [0.15, 0.2) is 0 Å². The van der Waals surface area contributed by atoms with Crippen LogP contribution < -0.4 is 15.8 Å². The van der Waals surface area contributed by atoms with E-state index in [1.807, 2.05) is 6.92 Å².